The number of imidazole rings is 1. The molecule has 0 fully saturated rings. The van der Waals surface area contributed by atoms with Gasteiger partial charge in [0.2, 0.25) is 0 Å². The summed E-state index contributed by atoms with van der Waals surface area (Å²) in [6.07, 6.45) is 8.91. The van der Waals surface area contributed by atoms with E-state index in [1.807, 2.05) is 19.3 Å². The first kappa shape index (κ1) is 20.0. The zero-order chi connectivity index (χ0) is 18.6. The summed E-state index contributed by atoms with van der Waals surface area (Å²) in [6, 6.07) is 8.63. The molecular formula is C21H33N5. The Hall–Kier alpha value is -2.30. The van der Waals surface area contributed by atoms with Crippen molar-refractivity contribution in [3.05, 3.63) is 53.6 Å². The Morgan fingerprint density at radius 2 is 1.96 bits per heavy atom. The minimum atomic E-state index is 0.682. The van der Waals surface area contributed by atoms with Crippen molar-refractivity contribution in [2.24, 2.45) is 4.99 Å². The Bertz CT molecular complexity index is 675. The highest BCUT2D eigenvalue weighted by atomic mass is 15.2. The molecule has 0 radical (unpaired) electrons. The van der Waals surface area contributed by atoms with Crippen LogP contribution in [0.25, 0.3) is 0 Å². The number of rotatable bonds is 10. The summed E-state index contributed by atoms with van der Waals surface area (Å²) in [4.78, 5) is 9.02. The fourth-order valence-electron chi connectivity index (χ4n) is 2.86. The lowest BCUT2D eigenvalue weighted by atomic mass is 10.1. The SMILES string of the molecule is CCCCCCNC(=NCc1cccc(Cn2ccnc2C)c1)NCC. The second-order valence-corrected chi connectivity index (χ2v) is 6.60. The molecular weight excluding hydrogens is 322 g/mol. The van der Waals surface area contributed by atoms with E-state index in [0.717, 1.165) is 31.4 Å². The minimum absolute atomic E-state index is 0.682. The molecule has 5 heteroatoms. The molecule has 0 aliphatic heterocycles. The van der Waals surface area contributed by atoms with Crippen LogP contribution in [0.3, 0.4) is 0 Å². The Labute approximate surface area is 158 Å². The monoisotopic (exact) mass is 355 g/mol. The number of aromatic nitrogens is 2. The Balaban J connectivity index is 1.91. The number of benzene rings is 1. The predicted octanol–water partition coefficient (Wildman–Crippen LogP) is 3.88. The molecule has 1 aromatic carbocycles. The largest absolute Gasteiger partial charge is 0.357 e. The van der Waals surface area contributed by atoms with E-state index in [9.17, 15) is 0 Å². The van der Waals surface area contributed by atoms with Crippen molar-refractivity contribution in [2.75, 3.05) is 13.1 Å². The van der Waals surface area contributed by atoms with Gasteiger partial charge in [0.25, 0.3) is 0 Å². The van der Waals surface area contributed by atoms with E-state index in [1.165, 1.54) is 36.8 Å². The highest BCUT2D eigenvalue weighted by Crippen LogP contribution is 2.09. The molecule has 2 N–H and O–H groups in total. The first-order valence-electron chi connectivity index (χ1n) is 9.80. The van der Waals surface area contributed by atoms with Crippen molar-refractivity contribution in [3.8, 4) is 0 Å². The standard InChI is InChI=1S/C21H33N5/c1-4-6-7-8-12-24-21(22-5-2)25-16-19-10-9-11-20(15-19)17-26-14-13-23-18(26)3/h9-11,13-15H,4-8,12,16-17H2,1-3H3,(H2,22,24,25). The van der Waals surface area contributed by atoms with Gasteiger partial charge in [-0.15, -0.1) is 0 Å². The van der Waals surface area contributed by atoms with E-state index < -0.39 is 0 Å². The number of nitrogens with zero attached hydrogens (tertiary/aromatic N) is 3. The van der Waals surface area contributed by atoms with Gasteiger partial charge in [-0.3, -0.25) is 0 Å². The molecule has 0 atom stereocenters. The molecule has 26 heavy (non-hydrogen) atoms. The summed E-state index contributed by atoms with van der Waals surface area (Å²) in [6.45, 7) is 9.75. The molecule has 0 aliphatic rings. The van der Waals surface area contributed by atoms with Crippen LogP contribution in [0.15, 0.2) is 41.7 Å². The molecule has 142 valence electrons. The third kappa shape index (κ3) is 6.90. The highest BCUT2D eigenvalue weighted by molar-refractivity contribution is 5.79. The third-order valence-corrected chi connectivity index (χ3v) is 4.35. The highest BCUT2D eigenvalue weighted by Gasteiger charge is 2.01. The number of nitrogens with one attached hydrogen (secondary N) is 2. The summed E-state index contributed by atoms with van der Waals surface area (Å²) in [5.74, 6) is 1.94. The number of aryl methyl sites for hydroxylation is 1. The molecule has 0 bridgehead atoms. The fraction of sp³-hybridized carbons (Fsp3) is 0.524. The molecule has 1 heterocycles. The Kier molecular flexibility index (Phi) is 8.73. The summed E-state index contributed by atoms with van der Waals surface area (Å²) < 4.78 is 2.16. The van der Waals surface area contributed by atoms with Gasteiger partial charge in [-0.1, -0.05) is 50.5 Å². The van der Waals surface area contributed by atoms with Gasteiger partial charge in [-0.05, 0) is 31.4 Å². The van der Waals surface area contributed by atoms with Gasteiger partial charge in [0.1, 0.15) is 5.82 Å². The van der Waals surface area contributed by atoms with E-state index in [2.05, 4.69) is 58.3 Å². The van der Waals surface area contributed by atoms with Crippen molar-refractivity contribution in [3.63, 3.8) is 0 Å². The average Bonchev–Trinajstić information content (AvgIpc) is 3.04. The maximum absolute atomic E-state index is 4.73. The van der Waals surface area contributed by atoms with E-state index in [-0.39, 0.29) is 0 Å². The van der Waals surface area contributed by atoms with Crippen molar-refractivity contribution in [1.82, 2.24) is 20.2 Å². The molecule has 0 amide bonds. The number of guanidine groups is 1. The van der Waals surface area contributed by atoms with Crippen LogP contribution in [0.1, 0.15) is 56.5 Å². The summed E-state index contributed by atoms with van der Waals surface area (Å²) >= 11 is 0. The van der Waals surface area contributed by atoms with Crippen LogP contribution in [0.2, 0.25) is 0 Å². The van der Waals surface area contributed by atoms with Crippen LogP contribution in [0, 0.1) is 6.92 Å². The van der Waals surface area contributed by atoms with Crippen LogP contribution in [-0.2, 0) is 13.1 Å². The summed E-state index contributed by atoms with van der Waals surface area (Å²) in [7, 11) is 0. The van der Waals surface area contributed by atoms with Crippen LogP contribution in [0.4, 0.5) is 0 Å². The van der Waals surface area contributed by atoms with E-state index in [0.29, 0.717) is 6.54 Å². The van der Waals surface area contributed by atoms with Crippen LogP contribution in [0.5, 0.6) is 0 Å². The van der Waals surface area contributed by atoms with Crippen molar-refractivity contribution in [2.45, 2.75) is 59.5 Å². The number of hydrogen-bond acceptors (Lipinski definition) is 2. The van der Waals surface area contributed by atoms with Crippen molar-refractivity contribution < 1.29 is 0 Å². The lowest BCUT2D eigenvalue weighted by Crippen LogP contribution is -2.37. The molecule has 1 aromatic heterocycles. The normalized spacial score (nSPS) is 11.6. The smallest absolute Gasteiger partial charge is 0.191 e. The summed E-state index contributed by atoms with van der Waals surface area (Å²) in [5.41, 5.74) is 2.50. The maximum Gasteiger partial charge on any atom is 0.191 e. The van der Waals surface area contributed by atoms with Gasteiger partial charge in [0.15, 0.2) is 5.96 Å². The third-order valence-electron chi connectivity index (χ3n) is 4.35. The Morgan fingerprint density at radius 3 is 2.69 bits per heavy atom. The Morgan fingerprint density at radius 1 is 1.12 bits per heavy atom. The topological polar surface area (TPSA) is 54.2 Å². The fourth-order valence-corrected chi connectivity index (χ4v) is 2.86. The van der Waals surface area contributed by atoms with Gasteiger partial charge in [0, 0.05) is 32.0 Å². The van der Waals surface area contributed by atoms with Gasteiger partial charge in [-0.2, -0.15) is 0 Å². The molecule has 5 nitrogen and oxygen atoms in total. The van der Waals surface area contributed by atoms with E-state index in [4.69, 9.17) is 4.99 Å². The number of unbranched alkanes of at least 4 members (excludes halogenated alkanes) is 3. The maximum atomic E-state index is 4.73. The van der Waals surface area contributed by atoms with Crippen LogP contribution < -0.4 is 10.6 Å². The van der Waals surface area contributed by atoms with E-state index in [1.54, 1.807) is 0 Å². The molecule has 0 unspecified atom stereocenters. The van der Waals surface area contributed by atoms with Crippen LogP contribution in [-0.4, -0.2) is 28.6 Å². The van der Waals surface area contributed by atoms with E-state index >= 15 is 0 Å². The predicted molar refractivity (Wildman–Crippen MR) is 109 cm³/mol. The lowest BCUT2D eigenvalue weighted by Gasteiger charge is -2.11. The molecule has 0 aliphatic carbocycles. The van der Waals surface area contributed by atoms with Crippen LogP contribution >= 0.6 is 0 Å². The first-order valence-corrected chi connectivity index (χ1v) is 9.80. The summed E-state index contributed by atoms with van der Waals surface area (Å²) in [5, 5.41) is 6.76. The minimum Gasteiger partial charge on any atom is -0.357 e. The lowest BCUT2D eigenvalue weighted by molar-refractivity contribution is 0.647. The zero-order valence-electron chi connectivity index (χ0n) is 16.5. The molecule has 2 aromatic rings. The van der Waals surface area contributed by atoms with Gasteiger partial charge in [0.05, 0.1) is 6.54 Å². The van der Waals surface area contributed by atoms with Gasteiger partial charge >= 0.3 is 0 Å². The zero-order valence-corrected chi connectivity index (χ0v) is 16.5. The van der Waals surface area contributed by atoms with Gasteiger partial charge in [-0.25, -0.2) is 9.98 Å². The van der Waals surface area contributed by atoms with Gasteiger partial charge < -0.3 is 15.2 Å². The molecule has 0 saturated carbocycles. The second kappa shape index (κ2) is 11.3. The van der Waals surface area contributed by atoms with Crippen molar-refractivity contribution >= 4 is 5.96 Å². The second-order valence-electron chi connectivity index (χ2n) is 6.60. The molecule has 0 saturated heterocycles. The first-order chi connectivity index (χ1) is 12.7. The average molecular weight is 356 g/mol. The number of aliphatic imine (C=N–C) groups is 1. The van der Waals surface area contributed by atoms with Crippen molar-refractivity contribution in [1.29, 1.82) is 0 Å². The molecule has 0 spiro atoms. The quantitative estimate of drug-likeness (QED) is 0.386. The number of hydrogen-bond donors (Lipinski definition) is 2. The molecule has 2 rings (SSSR count).